The summed E-state index contributed by atoms with van der Waals surface area (Å²) >= 11 is 0. The average molecular weight is 211 g/mol. The highest BCUT2D eigenvalue weighted by Gasteiger charge is 2.30. The molecule has 82 valence electrons. The Labute approximate surface area is 86.9 Å². The first-order chi connectivity index (χ1) is 7.11. The number of anilines is 1. The molecule has 0 aromatic carbocycles. The number of nitro groups is 1. The number of hydrogen-bond donors (Lipinski definition) is 1. The third-order valence-electron chi connectivity index (χ3n) is 2.70. The van der Waals surface area contributed by atoms with Crippen LogP contribution >= 0.6 is 0 Å². The maximum absolute atomic E-state index is 10.8. The Kier molecular flexibility index (Phi) is 2.31. The van der Waals surface area contributed by atoms with Gasteiger partial charge in [-0.3, -0.25) is 4.57 Å². The Morgan fingerprint density at radius 1 is 1.73 bits per heavy atom. The van der Waals surface area contributed by atoms with Crippen molar-refractivity contribution >= 4 is 11.6 Å². The Bertz CT molecular complexity index is 384. The van der Waals surface area contributed by atoms with Gasteiger partial charge in [0, 0.05) is 27.2 Å². The minimum absolute atomic E-state index is 0.0769. The van der Waals surface area contributed by atoms with Crippen LogP contribution in [0.15, 0.2) is 6.33 Å². The third kappa shape index (κ3) is 1.54. The third-order valence-corrected chi connectivity index (χ3v) is 2.70. The molecule has 1 N–H and O–H groups in total. The predicted octanol–water partition coefficient (Wildman–Crippen LogP) is -0.264. The van der Waals surface area contributed by atoms with Crippen LogP contribution in [0.3, 0.4) is 0 Å². The molecule has 1 aromatic rings. The molecule has 0 aliphatic carbocycles. The molecule has 1 aliphatic rings. The fraction of sp³-hybridized carbons (Fsp3) is 0.625. The van der Waals surface area contributed by atoms with Crippen molar-refractivity contribution in [3.05, 3.63) is 16.4 Å². The lowest BCUT2D eigenvalue weighted by Gasteiger charge is -2.36. The van der Waals surface area contributed by atoms with Gasteiger partial charge in [0.05, 0.1) is 6.04 Å². The van der Waals surface area contributed by atoms with Gasteiger partial charge < -0.3 is 20.3 Å². The second kappa shape index (κ2) is 3.50. The van der Waals surface area contributed by atoms with E-state index in [-0.39, 0.29) is 5.82 Å². The Balaban J connectivity index is 2.32. The first-order valence-electron chi connectivity index (χ1n) is 4.70. The number of aryl methyl sites for hydroxylation is 1. The molecule has 2 heterocycles. The van der Waals surface area contributed by atoms with E-state index < -0.39 is 4.92 Å². The highest BCUT2D eigenvalue weighted by atomic mass is 16.6. The van der Waals surface area contributed by atoms with Crippen molar-refractivity contribution in [1.29, 1.82) is 0 Å². The van der Waals surface area contributed by atoms with Gasteiger partial charge in [0.15, 0.2) is 0 Å². The molecular weight excluding hydrogens is 198 g/mol. The van der Waals surface area contributed by atoms with Crippen molar-refractivity contribution in [2.75, 3.05) is 25.0 Å². The zero-order chi connectivity index (χ0) is 11.0. The fourth-order valence-corrected chi connectivity index (χ4v) is 1.67. The van der Waals surface area contributed by atoms with Crippen LogP contribution in [0.5, 0.6) is 0 Å². The van der Waals surface area contributed by atoms with E-state index in [1.807, 2.05) is 11.9 Å². The topological polar surface area (TPSA) is 76.2 Å². The normalized spacial score (nSPS) is 16.1. The van der Waals surface area contributed by atoms with Crippen molar-refractivity contribution in [3.8, 4) is 0 Å². The molecule has 7 heteroatoms. The molecule has 1 fully saturated rings. The van der Waals surface area contributed by atoms with Gasteiger partial charge in [0.2, 0.25) is 12.1 Å². The molecule has 0 radical (unpaired) electrons. The van der Waals surface area contributed by atoms with Gasteiger partial charge in [-0.1, -0.05) is 0 Å². The molecule has 7 nitrogen and oxygen atoms in total. The van der Waals surface area contributed by atoms with E-state index >= 15 is 0 Å². The quantitative estimate of drug-likeness (QED) is 0.550. The summed E-state index contributed by atoms with van der Waals surface area (Å²) in [6, 6.07) is 0.319. The van der Waals surface area contributed by atoms with Gasteiger partial charge in [-0.2, -0.15) is 0 Å². The number of nitrogens with one attached hydrogen (secondary N) is 1. The summed E-state index contributed by atoms with van der Waals surface area (Å²) in [4.78, 5) is 16.0. The summed E-state index contributed by atoms with van der Waals surface area (Å²) in [6.07, 6.45) is 1.47. The molecule has 2 rings (SSSR count). The van der Waals surface area contributed by atoms with Gasteiger partial charge in [0.1, 0.15) is 0 Å². The number of aromatic nitrogens is 2. The summed E-state index contributed by atoms with van der Waals surface area (Å²) in [5, 5.41) is 13.9. The zero-order valence-electron chi connectivity index (χ0n) is 8.67. The maximum Gasteiger partial charge on any atom is 0.406 e. The standard InChI is InChI=1S/C8H13N5O2/c1-11-5-10-7(13(14)15)8(11)12(2)6-3-9-4-6/h5-6,9H,3-4H2,1-2H3. The fourth-order valence-electron chi connectivity index (χ4n) is 1.67. The molecule has 0 saturated carbocycles. The molecule has 15 heavy (non-hydrogen) atoms. The van der Waals surface area contributed by atoms with Crippen LogP contribution in [-0.4, -0.2) is 40.7 Å². The van der Waals surface area contributed by atoms with Gasteiger partial charge >= 0.3 is 5.82 Å². The highest BCUT2D eigenvalue weighted by Crippen LogP contribution is 2.26. The van der Waals surface area contributed by atoms with Gasteiger partial charge in [-0.25, -0.2) is 0 Å². The van der Waals surface area contributed by atoms with Crippen molar-refractivity contribution in [3.63, 3.8) is 0 Å². The van der Waals surface area contributed by atoms with Crippen molar-refractivity contribution < 1.29 is 4.92 Å². The smallest absolute Gasteiger partial charge is 0.358 e. The van der Waals surface area contributed by atoms with Gasteiger partial charge in [-0.05, 0) is 9.91 Å². The second-order valence-electron chi connectivity index (χ2n) is 3.68. The molecule has 0 unspecified atom stereocenters. The summed E-state index contributed by atoms with van der Waals surface area (Å²) in [5.41, 5.74) is 0. The van der Waals surface area contributed by atoms with Crippen LogP contribution in [0.2, 0.25) is 0 Å². The Morgan fingerprint density at radius 2 is 2.40 bits per heavy atom. The molecule has 1 aliphatic heterocycles. The van der Waals surface area contributed by atoms with E-state index in [2.05, 4.69) is 10.3 Å². The zero-order valence-corrected chi connectivity index (χ0v) is 8.67. The van der Waals surface area contributed by atoms with Crippen molar-refractivity contribution in [1.82, 2.24) is 14.9 Å². The number of imidazole rings is 1. The lowest BCUT2D eigenvalue weighted by atomic mass is 10.1. The molecule has 1 aromatic heterocycles. The molecule has 0 amide bonds. The van der Waals surface area contributed by atoms with Crippen LogP contribution in [0, 0.1) is 10.1 Å². The number of rotatable bonds is 3. The maximum atomic E-state index is 10.8. The molecular formula is C8H13N5O2. The number of hydrogen-bond acceptors (Lipinski definition) is 5. The number of likely N-dealkylation sites (N-methyl/N-ethyl adjacent to an activating group) is 1. The summed E-state index contributed by atoms with van der Waals surface area (Å²) in [7, 11) is 3.62. The van der Waals surface area contributed by atoms with E-state index in [9.17, 15) is 10.1 Å². The van der Waals surface area contributed by atoms with Crippen LogP contribution in [0.25, 0.3) is 0 Å². The highest BCUT2D eigenvalue weighted by molar-refractivity contribution is 5.55. The summed E-state index contributed by atoms with van der Waals surface area (Å²) < 4.78 is 1.68. The van der Waals surface area contributed by atoms with Crippen molar-refractivity contribution in [2.45, 2.75) is 6.04 Å². The first-order valence-corrected chi connectivity index (χ1v) is 4.70. The van der Waals surface area contributed by atoms with E-state index in [4.69, 9.17) is 0 Å². The van der Waals surface area contributed by atoms with E-state index in [1.165, 1.54) is 6.33 Å². The lowest BCUT2D eigenvalue weighted by molar-refractivity contribution is -0.388. The molecule has 0 atom stereocenters. The largest absolute Gasteiger partial charge is 0.406 e. The molecule has 1 saturated heterocycles. The average Bonchev–Trinajstić information content (AvgIpc) is 2.43. The second-order valence-corrected chi connectivity index (χ2v) is 3.68. The van der Waals surface area contributed by atoms with Crippen LogP contribution in [0.4, 0.5) is 11.6 Å². The molecule has 0 bridgehead atoms. The minimum Gasteiger partial charge on any atom is -0.358 e. The number of nitrogens with zero attached hydrogens (tertiary/aromatic N) is 4. The SMILES string of the molecule is CN(c1c([N+](=O)[O-])ncn1C)C1CNC1. The van der Waals surface area contributed by atoms with Crippen LogP contribution in [0.1, 0.15) is 0 Å². The Hall–Kier alpha value is -1.63. The first kappa shape index (κ1) is 9.91. The van der Waals surface area contributed by atoms with Crippen molar-refractivity contribution in [2.24, 2.45) is 7.05 Å². The Morgan fingerprint density at radius 3 is 2.87 bits per heavy atom. The lowest BCUT2D eigenvalue weighted by Crippen LogP contribution is -2.56. The predicted molar refractivity (Wildman–Crippen MR) is 54.9 cm³/mol. The molecule has 0 spiro atoms. The summed E-state index contributed by atoms with van der Waals surface area (Å²) in [5.74, 6) is 0.485. The van der Waals surface area contributed by atoms with Gasteiger partial charge in [-0.15, -0.1) is 0 Å². The van der Waals surface area contributed by atoms with Crippen LogP contribution < -0.4 is 10.2 Å². The van der Waals surface area contributed by atoms with E-state index in [1.54, 1.807) is 11.6 Å². The van der Waals surface area contributed by atoms with Crippen LogP contribution in [-0.2, 0) is 7.05 Å². The minimum atomic E-state index is -0.447. The summed E-state index contributed by atoms with van der Waals surface area (Å²) in [6.45, 7) is 1.72. The monoisotopic (exact) mass is 211 g/mol. The van der Waals surface area contributed by atoms with Gasteiger partial charge in [0.25, 0.3) is 0 Å². The van der Waals surface area contributed by atoms with E-state index in [0.717, 1.165) is 13.1 Å². The van der Waals surface area contributed by atoms with E-state index in [0.29, 0.717) is 11.9 Å².